The molecule has 8 aromatic carbocycles. The standard InChI is InChI=1S/4C10H16O4S.4C10H8S.4C4H6O2.3Ti/c4*1-9(2)7-3-4-10(9,8(11)5-7)6-15(12,13)14;4*11-10-6-5-8-3-1-2-4-9(8)7-10;4*1-3(2)4(5)6;;;/h4*7H,3-6H2,1-2H3,(H,12,13,14);4*1-7,11H;4*1H2,2H3,(H,5,6);;;/q;;;;;;;;;;;;3*+4/p-12/t4*7-,10-;;;;;;;;;;;/m1111.........../s1. The van der Waals surface area contributed by atoms with Gasteiger partial charge in [-0.25, -0.2) is 33.7 Å². The van der Waals surface area contributed by atoms with Crippen LogP contribution in [0.4, 0.5) is 0 Å². The van der Waals surface area contributed by atoms with Crippen LogP contribution in [-0.2, 0) is 194 Å². The molecule has 8 aromatic rings. The molecule has 0 radical (unpaired) electrons. The van der Waals surface area contributed by atoms with E-state index in [1.54, 1.807) is 0 Å². The molecule has 35 heteroatoms. The molecule has 0 saturated heterocycles. The number of carbonyl (C=O) groups excluding carboxylic acids is 8. The summed E-state index contributed by atoms with van der Waals surface area (Å²) in [4.78, 5) is 89.0. The van der Waals surface area contributed by atoms with Crippen LogP contribution in [-0.4, -0.2) is 122 Å². The summed E-state index contributed by atoms with van der Waals surface area (Å²) >= 11 is 20.2. The van der Waals surface area contributed by atoms with Gasteiger partial charge in [-0.2, -0.15) is 19.6 Å². The summed E-state index contributed by atoms with van der Waals surface area (Å²) in [7, 11) is -17.3. The van der Waals surface area contributed by atoms with E-state index in [1.807, 2.05) is 152 Å². The Balaban J connectivity index is 0.000000489. The van der Waals surface area contributed by atoms with Gasteiger partial charge in [0.1, 0.15) is 23.1 Å². The minimum absolute atomic E-state index is 0. The van der Waals surface area contributed by atoms with E-state index >= 15 is 0 Å². The van der Waals surface area contributed by atoms with Crippen LogP contribution >= 0.6 is 0 Å². The van der Waals surface area contributed by atoms with Crippen LogP contribution in [0.3, 0.4) is 0 Å². The molecule has 696 valence electrons. The van der Waals surface area contributed by atoms with Crippen molar-refractivity contribution in [2.24, 2.45) is 67.0 Å². The molecule has 0 aliphatic heterocycles. The van der Waals surface area contributed by atoms with Gasteiger partial charge in [-0.3, -0.25) is 19.2 Å². The molecule has 8 fully saturated rings. The predicted molar refractivity (Wildman–Crippen MR) is 490 cm³/mol. The molecule has 0 N–H and O–H groups in total. The summed E-state index contributed by atoms with van der Waals surface area (Å²) in [6.45, 7) is 33.2. The third-order valence-electron chi connectivity index (χ3n) is 26.5. The average molecular weight is 2050 g/mol. The van der Waals surface area contributed by atoms with E-state index in [9.17, 15) is 111 Å². The first-order valence-electron chi connectivity index (χ1n) is 40.8. The summed E-state index contributed by atoms with van der Waals surface area (Å²) < 4.78 is 131. The summed E-state index contributed by atoms with van der Waals surface area (Å²) in [5.41, 5.74) is -4.63. The Bertz CT molecular complexity index is 5240. The molecule has 0 unspecified atom stereocenters. The summed E-state index contributed by atoms with van der Waals surface area (Å²) in [5, 5.41) is 47.8. The fourth-order valence-corrected chi connectivity index (χ4v) is 24.2. The molecule has 0 heterocycles. The molecule has 24 nitrogen and oxygen atoms in total. The van der Waals surface area contributed by atoms with Gasteiger partial charge in [-0.1, -0.05) is 252 Å². The van der Waals surface area contributed by atoms with E-state index in [2.05, 4.69) is 99.1 Å². The third kappa shape index (κ3) is 32.1. The Morgan fingerprint density at radius 1 is 0.298 bits per heavy atom. The van der Waals surface area contributed by atoms with Gasteiger partial charge in [-0.15, -0.1) is 0 Å². The molecule has 16 rings (SSSR count). The number of aliphatic carboxylic acids is 4. The van der Waals surface area contributed by atoms with E-state index in [1.165, 1.54) is 70.8 Å². The van der Waals surface area contributed by atoms with Crippen molar-refractivity contribution in [3.05, 3.63) is 218 Å². The van der Waals surface area contributed by atoms with Crippen LogP contribution in [0.25, 0.3) is 43.1 Å². The maximum Gasteiger partial charge on any atom is 4.00 e. The second-order valence-corrected chi connectivity index (χ2v) is 43.3. The number of hydrogen-bond donors (Lipinski definition) is 0. The molecule has 8 bridgehead atoms. The predicted octanol–water partition coefficient (Wildman–Crippen LogP) is 11.9. The maximum absolute atomic E-state index is 11.8. The molecule has 0 amide bonds. The van der Waals surface area contributed by atoms with Gasteiger partial charge in [0.2, 0.25) is 0 Å². The van der Waals surface area contributed by atoms with Crippen LogP contribution < -0.4 is 20.4 Å². The Morgan fingerprint density at radius 2 is 0.435 bits per heavy atom. The van der Waals surface area contributed by atoms with E-state index in [-0.39, 0.29) is 156 Å². The fourth-order valence-electron chi connectivity index (χ4n) is 18.3. The van der Waals surface area contributed by atoms with Crippen LogP contribution in [0, 0.1) is 67.0 Å². The van der Waals surface area contributed by atoms with E-state index < -0.39 is 109 Å². The van der Waals surface area contributed by atoms with Gasteiger partial charge >= 0.3 is 65.2 Å². The van der Waals surface area contributed by atoms with Crippen LogP contribution in [0.2, 0.25) is 0 Å². The zero-order valence-corrected chi connectivity index (χ0v) is 86.4. The number of carboxylic acid groups (broad SMARTS) is 4. The number of Topliss-reactive ketones (excluding diaryl/α,β-unsaturated/α-hetero) is 4. The number of carboxylic acids is 4. The fraction of sp³-hybridized carbons (Fsp3) is 0.417. The second-order valence-electron chi connectivity index (χ2n) is 35.8. The minimum Gasteiger partial charge on any atom is -0.780 e. The Hall–Kier alpha value is -7.02. The van der Waals surface area contributed by atoms with Crippen molar-refractivity contribution >= 4 is 181 Å². The topological polar surface area (TPSA) is 458 Å². The monoisotopic (exact) mass is 2040 g/mol. The van der Waals surface area contributed by atoms with Crippen LogP contribution in [0.1, 0.15) is 160 Å². The first kappa shape index (κ1) is 120. The molecular weight excluding hydrogens is 1940 g/mol. The molecule has 131 heavy (non-hydrogen) atoms. The van der Waals surface area contributed by atoms with Crippen molar-refractivity contribution in [3.63, 3.8) is 0 Å². The summed E-state index contributed by atoms with van der Waals surface area (Å²) in [5.74, 6) is -5.86. The molecule has 0 spiro atoms. The van der Waals surface area contributed by atoms with Crippen LogP contribution in [0.5, 0.6) is 0 Å². The molecule has 8 atom stereocenters. The smallest absolute Gasteiger partial charge is 0.780 e. The molecule has 0 aromatic heterocycles. The normalized spacial score (nSPS) is 22.5. The second kappa shape index (κ2) is 49.1. The van der Waals surface area contributed by atoms with Crippen molar-refractivity contribution < 1.29 is 176 Å². The zero-order chi connectivity index (χ0) is 97.3. The van der Waals surface area contributed by atoms with E-state index in [0.717, 1.165) is 45.3 Å². The van der Waals surface area contributed by atoms with Gasteiger partial charge in [0.05, 0.1) is 87.4 Å². The van der Waals surface area contributed by atoms with Crippen molar-refractivity contribution in [2.45, 2.75) is 180 Å². The number of benzene rings is 8. The molecule has 8 aliphatic carbocycles. The van der Waals surface area contributed by atoms with Crippen molar-refractivity contribution in [1.82, 2.24) is 0 Å². The van der Waals surface area contributed by atoms with Crippen molar-refractivity contribution in [2.75, 3.05) is 23.0 Å². The van der Waals surface area contributed by atoms with Gasteiger partial charge < -0.3 is 108 Å². The Morgan fingerprint density at radius 3 is 0.542 bits per heavy atom. The van der Waals surface area contributed by atoms with E-state index in [0.29, 0.717) is 51.4 Å². The maximum atomic E-state index is 11.8. The van der Waals surface area contributed by atoms with Gasteiger partial charge in [0.15, 0.2) is 0 Å². The van der Waals surface area contributed by atoms with Gasteiger partial charge in [0, 0.05) is 47.3 Å². The first-order chi connectivity index (χ1) is 58.8. The summed E-state index contributed by atoms with van der Waals surface area (Å²) in [6, 6.07) is 57.0. The third-order valence-corrected chi connectivity index (χ3v) is 30.9. The molecular formula is C96H108O24S8Ti3. The SMILES string of the molecule is C=C(C)C(=O)[O-].C=C(C)C(=O)[O-].C=C(C)C(=O)[O-].C=C(C)C(=O)[O-].CC1(C)[C@@H]2CC[C@@]1(CS(=O)(=O)[O-])C(=O)C2.CC1(C)[C@@H]2CC[C@@]1(CS(=O)(=O)[O-])C(=O)C2.CC1(C)[C@@H]2CC[C@@]1(CS(=O)(=O)[O-])C(=O)C2.CC1(C)[C@@H]2CC[C@@]1(CS(=O)(=O)[O-])C(=O)C2.[S-]c1ccc2ccccc2c1.[S-]c1ccc2ccccc2c1.[S-]c1ccc2ccccc2c1.[S-]c1ccc2ccccc2c1.[Ti+4].[Ti+4].[Ti+4]. The first-order valence-corrected chi connectivity index (χ1v) is 48.7. The molecule has 8 aliphatic rings. The quantitative estimate of drug-likeness (QED) is 0.0474. The number of hydrogen-bond acceptors (Lipinski definition) is 28. The number of rotatable bonds is 12. The number of carbonyl (C=O) groups is 8. The van der Waals surface area contributed by atoms with Gasteiger partial charge in [-0.05, 0) is 190 Å². The Kier molecular flexibility index (Phi) is 45.0. The Labute approximate surface area is 837 Å². The van der Waals surface area contributed by atoms with Crippen LogP contribution in [0.15, 0.2) is 238 Å². The van der Waals surface area contributed by atoms with Gasteiger partial charge in [0.25, 0.3) is 0 Å². The zero-order valence-electron chi connectivity index (χ0n) is 75.2. The average Bonchev–Trinajstić information content (AvgIpc) is 1.57. The summed E-state index contributed by atoms with van der Waals surface area (Å²) in [6.07, 6.45) is 7.51. The number of ketones is 4. The largest absolute Gasteiger partial charge is 4.00 e. The number of fused-ring (bicyclic) bond motifs is 12. The van der Waals surface area contributed by atoms with E-state index in [4.69, 9.17) is 50.5 Å². The van der Waals surface area contributed by atoms with Crippen molar-refractivity contribution in [1.29, 1.82) is 0 Å². The minimum atomic E-state index is -4.33. The molecule has 8 saturated carbocycles. The van der Waals surface area contributed by atoms with Crippen molar-refractivity contribution in [3.8, 4) is 0 Å².